The summed E-state index contributed by atoms with van der Waals surface area (Å²) in [6, 6.07) is 12.0. The van der Waals surface area contributed by atoms with Crippen LogP contribution >= 0.6 is 11.3 Å². The molecule has 2 N–H and O–H groups in total. The summed E-state index contributed by atoms with van der Waals surface area (Å²) in [5.41, 5.74) is 1.65. The molecule has 9 heteroatoms. The van der Waals surface area contributed by atoms with E-state index in [0.717, 1.165) is 5.56 Å². The number of hydrogen-bond acceptors (Lipinski definition) is 6. The Bertz CT molecular complexity index is 1060. The Morgan fingerprint density at radius 3 is 2.77 bits per heavy atom. The fourth-order valence-corrected chi connectivity index (χ4v) is 4.00. The summed E-state index contributed by atoms with van der Waals surface area (Å²) in [7, 11) is -2.17. The zero-order valence-corrected chi connectivity index (χ0v) is 15.8. The number of benzene rings is 2. The Kier molecular flexibility index (Phi) is 5.21. The monoisotopic (exact) mass is 391 g/mol. The van der Waals surface area contributed by atoms with Gasteiger partial charge in [-0.15, -0.1) is 0 Å². The van der Waals surface area contributed by atoms with Crippen LogP contribution in [0.3, 0.4) is 0 Å². The molecule has 1 heterocycles. The molecule has 0 aliphatic rings. The number of ether oxygens (including phenoxy) is 1. The number of carbonyl (C=O) groups excluding carboxylic acids is 1. The Labute approximate surface area is 155 Å². The molecule has 3 aromatic rings. The van der Waals surface area contributed by atoms with Crippen LogP contribution < -0.4 is 14.8 Å². The van der Waals surface area contributed by atoms with Crippen molar-refractivity contribution in [2.45, 2.75) is 11.8 Å². The minimum absolute atomic E-state index is 0.140. The van der Waals surface area contributed by atoms with Crippen LogP contribution in [0.2, 0.25) is 0 Å². The second-order valence-electron chi connectivity index (χ2n) is 5.51. The number of nitrogens with one attached hydrogen (secondary N) is 2. The van der Waals surface area contributed by atoms with Gasteiger partial charge in [-0.25, -0.2) is 18.1 Å². The minimum Gasteiger partial charge on any atom is -0.484 e. The van der Waals surface area contributed by atoms with Gasteiger partial charge in [0.05, 0.1) is 15.1 Å². The highest BCUT2D eigenvalue weighted by Gasteiger charge is 2.14. The molecule has 136 valence electrons. The molecule has 0 saturated heterocycles. The van der Waals surface area contributed by atoms with Crippen LogP contribution in [0.25, 0.3) is 10.2 Å². The predicted molar refractivity (Wildman–Crippen MR) is 101 cm³/mol. The molecule has 7 nitrogen and oxygen atoms in total. The molecule has 1 aromatic heterocycles. The van der Waals surface area contributed by atoms with Gasteiger partial charge in [0.15, 0.2) is 11.7 Å². The van der Waals surface area contributed by atoms with Crippen molar-refractivity contribution in [2.24, 2.45) is 0 Å². The summed E-state index contributed by atoms with van der Waals surface area (Å²) in [5, 5.41) is 3.05. The van der Waals surface area contributed by atoms with Gasteiger partial charge in [0, 0.05) is 0 Å². The first kappa shape index (κ1) is 18.3. The van der Waals surface area contributed by atoms with Gasteiger partial charge in [-0.2, -0.15) is 0 Å². The van der Waals surface area contributed by atoms with Crippen LogP contribution in [0.15, 0.2) is 47.4 Å². The van der Waals surface area contributed by atoms with E-state index < -0.39 is 10.0 Å². The first-order valence-corrected chi connectivity index (χ1v) is 10.0. The van der Waals surface area contributed by atoms with Crippen LogP contribution in [-0.4, -0.2) is 33.0 Å². The lowest BCUT2D eigenvalue weighted by Gasteiger charge is -2.06. The van der Waals surface area contributed by atoms with Crippen molar-refractivity contribution >= 4 is 42.6 Å². The molecule has 2 aromatic carbocycles. The molecule has 0 radical (unpaired) electrons. The summed E-state index contributed by atoms with van der Waals surface area (Å²) in [6.45, 7) is 1.80. The van der Waals surface area contributed by atoms with Gasteiger partial charge in [0.1, 0.15) is 5.75 Å². The van der Waals surface area contributed by atoms with Gasteiger partial charge in [0.25, 0.3) is 5.91 Å². The van der Waals surface area contributed by atoms with E-state index >= 15 is 0 Å². The number of hydrogen-bond donors (Lipinski definition) is 2. The number of carbonyl (C=O) groups is 1. The zero-order chi connectivity index (χ0) is 18.7. The third kappa shape index (κ3) is 4.18. The Morgan fingerprint density at radius 1 is 1.23 bits per heavy atom. The van der Waals surface area contributed by atoms with Gasteiger partial charge < -0.3 is 4.74 Å². The predicted octanol–water partition coefficient (Wildman–Crippen LogP) is 2.53. The lowest BCUT2D eigenvalue weighted by molar-refractivity contribution is -0.118. The van der Waals surface area contributed by atoms with Crippen molar-refractivity contribution in [3.05, 3.63) is 48.0 Å². The highest BCUT2D eigenvalue weighted by atomic mass is 32.2. The molecule has 0 saturated carbocycles. The van der Waals surface area contributed by atoms with Crippen LogP contribution in [0.5, 0.6) is 5.75 Å². The second kappa shape index (κ2) is 7.40. The van der Waals surface area contributed by atoms with Gasteiger partial charge in [-0.3, -0.25) is 10.1 Å². The van der Waals surface area contributed by atoms with Crippen molar-refractivity contribution in [1.29, 1.82) is 0 Å². The summed E-state index contributed by atoms with van der Waals surface area (Å²) >= 11 is 1.20. The lowest BCUT2D eigenvalue weighted by atomic mass is 10.2. The van der Waals surface area contributed by atoms with E-state index in [4.69, 9.17) is 4.74 Å². The molecule has 1 amide bonds. The topological polar surface area (TPSA) is 97.4 Å². The fraction of sp³-hybridized carbons (Fsp3) is 0.176. The third-order valence-corrected chi connectivity index (χ3v) is 5.89. The van der Waals surface area contributed by atoms with Gasteiger partial charge in [-0.1, -0.05) is 23.5 Å². The van der Waals surface area contributed by atoms with Crippen LogP contribution in [0.1, 0.15) is 5.56 Å². The molecular formula is C17H17N3O4S2. The highest BCUT2D eigenvalue weighted by Crippen LogP contribution is 2.28. The van der Waals surface area contributed by atoms with E-state index in [1.165, 1.54) is 30.5 Å². The number of aromatic nitrogens is 1. The number of anilines is 1. The molecule has 0 aliphatic carbocycles. The zero-order valence-electron chi connectivity index (χ0n) is 14.1. The molecule has 26 heavy (non-hydrogen) atoms. The van der Waals surface area contributed by atoms with E-state index in [2.05, 4.69) is 15.0 Å². The van der Waals surface area contributed by atoms with Gasteiger partial charge >= 0.3 is 0 Å². The van der Waals surface area contributed by atoms with E-state index in [9.17, 15) is 13.2 Å². The Hall–Kier alpha value is -2.49. The smallest absolute Gasteiger partial charge is 0.264 e. The molecule has 0 bridgehead atoms. The van der Waals surface area contributed by atoms with Crippen molar-refractivity contribution in [2.75, 3.05) is 19.0 Å². The number of fused-ring (bicyclic) bond motifs is 1. The Morgan fingerprint density at radius 2 is 2.04 bits per heavy atom. The van der Waals surface area contributed by atoms with Crippen LogP contribution in [0.4, 0.5) is 5.13 Å². The minimum atomic E-state index is -3.52. The van der Waals surface area contributed by atoms with E-state index in [1.807, 2.05) is 25.1 Å². The van der Waals surface area contributed by atoms with Crippen molar-refractivity contribution in [1.82, 2.24) is 9.71 Å². The summed E-state index contributed by atoms with van der Waals surface area (Å²) in [5.74, 6) is 0.278. The maximum atomic E-state index is 12.0. The molecule has 0 unspecified atom stereocenters. The average Bonchev–Trinajstić information content (AvgIpc) is 3.01. The average molecular weight is 391 g/mol. The molecule has 0 atom stereocenters. The summed E-state index contributed by atoms with van der Waals surface area (Å²) in [4.78, 5) is 16.5. The van der Waals surface area contributed by atoms with Crippen molar-refractivity contribution in [3.8, 4) is 5.75 Å². The fourth-order valence-electron chi connectivity index (χ4n) is 2.25. The quantitative estimate of drug-likeness (QED) is 0.673. The standard InChI is InChI=1S/C17H17N3O4S2/c1-11-4-3-5-12(8-11)24-10-16(21)20-17-19-14-7-6-13(9-15(14)25-17)26(22,23)18-2/h3-9,18H,10H2,1-2H3,(H,19,20,21). The van der Waals surface area contributed by atoms with Gasteiger partial charge in [-0.05, 0) is 49.9 Å². The third-order valence-electron chi connectivity index (χ3n) is 3.54. The molecule has 3 rings (SSSR count). The molecule has 0 spiro atoms. The van der Waals surface area contributed by atoms with Crippen LogP contribution in [-0.2, 0) is 14.8 Å². The lowest BCUT2D eigenvalue weighted by Crippen LogP contribution is -2.20. The van der Waals surface area contributed by atoms with Gasteiger partial charge in [0.2, 0.25) is 10.0 Å². The molecule has 0 fully saturated rings. The number of rotatable bonds is 6. The second-order valence-corrected chi connectivity index (χ2v) is 8.43. The summed E-state index contributed by atoms with van der Waals surface area (Å²) in [6.07, 6.45) is 0. The highest BCUT2D eigenvalue weighted by molar-refractivity contribution is 7.89. The first-order valence-electron chi connectivity index (χ1n) is 7.71. The first-order chi connectivity index (χ1) is 12.4. The number of thiazole rings is 1. The number of amides is 1. The summed E-state index contributed by atoms with van der Waals surface area (Å²) < 4.78 is 32.1. The Balaban J connectivity index is 1.69. The molecule has 0 aliphatic heterocycles. The van der Waals surface area contributed by atoms with Crippen LogP contribution in [0, 0.1) is 6.92 Å². The molecular weight excluding hydrogens is 374 g/mol. The van der Waals surface area contributed by atoms with Crippen molar-refractivity contribution in [3.63, 3.8) is 0 Å². The number of aryl methyl sites for hydroxylation is 1. The van der Waals surface area contributed by atoms with Crippen molar-refractivity contribution < 1.29 is 17.9 Å². The maximum Gasteiger partial charge on any atom is 0.264 e. The SMILES string of the molecule is CNS(=O)(=O)c1ccc2nc(NC(=O)COc3cccc(C)c3)sc2c1. The largest absolute Gasteiger partial charge is 0.484 e. The van der Waals surface area contributed by atoms with E-state index in [-0.39, 0.29) is 17.4 Å². The van der Waals surface area contributed by atoms with E-state index in [0.29, 0.717) is 21.1 Å². The number of sulfonamides is 1. The normalized spacial score (nSPS) is 11.5. The van der Waals surface area contributed by atoms with E-state index in [1.54, 1.807) is 12.1 Å². The number of nitrogens with zero attached hydrogens (tertiary/aromatic N) is 1. The maximum absolute atomic E-state index is 12.0.